The van der Waals surface area contributed by atoms with Gasteiger partial charge in [-0.25, -0.2) is 14.8 Å². The molecule has 0 unspecified atom stereocenters. The Bertz CT molecular complexity index is 1310. The first-order chi connectivity index (χ1) is 16.7. The van der Waals surface area contributed by atoms with Gasteiger partial charge in [-0.05, 0) is 54.1 Å². The Morgan fingerprint density at radius 1 is 0.943 bits per heavy atom. The molecular weight excluding hydrogens is 479 g/mol. The molecule has 0 radical (unpaired) electrons. The Balaban J connectivity index is 1.34. The van der Waals surface area contributed by atoms with Crippen LogP contribution < -0.4 is 20.3 Å². The Morgan fingerprint density at radius 3 is 2.31 bits per heavy atom. The van der Waals surface area contributed by atoms with Crippen molar-refractivity contribution in [2.45, 2.75) is 6.18 Å². The van der Waals surface area contributed by atoms with Gasteiger partial charge in [0.1, 0.15) is 5.75 Å². The van der Waals surface area contributed by atoms with Gasteiger partial charge < -0.3 is 20.3 Å². The molecule has 0 saturated carbocycles. The summed E-state index contributed by atoms with van der Waals surface area (Å²) in [4.78, 5) is 23.7. The molecule has 7 nitrogen and oxygen atoms in total. The van der Waals surface area contributed by atoms with Crippen LogP contribution in [-0.2, 0) is 6.18 Å². The van der Waals surface area contributed by atoms with Gasteiger partial charge in [0.05, 0.1) is 22.3 Å². The summed E-state index contributed by atoms with van der Waals surface area (Å²) in [5.74, 6) is 0.899. The van der Waals surface area contributed by atoms with Gasteiger partial charge in [0.25, 0.3) is 0 Å². The fourth-order valence-corrected chi connectivity index (χ4v) is 3.84. The minimum absolute atomic E-state index is 0.0185. The van der Waals surface area contributed by atoms with Gasteiger partial charge in [0.15, 0.2) is 5.13 Å². The molecule has 11 heteroatoms. The number of benzene rings is 2. The number of ether oxygens (including phenoxy) is 1. The third-order valence-electron chi connectivity index (χ3n) is 4.68. The summed E-state index contributed by atoms with van der Waals surface area (Å²) in [7, 11) is 3.88. The number of carbonyl (C=O) groups is 1. The first-order valence-corrected chi connectivity index (χ1v) is 11.1. The van der Waals surface area contributed by atoms with E-state index in [0.29, 0.717) is 17.3 Å². The van der Waals surface area contributed by atoms with Crippen LogP contribution in [-0.4, -0.2) is 30.1 Å². The minimum Gasteiger partial charge on any atom is -0.439 e. The molecule has 0 aliphatic rings. The molecule has 180 valence electrons. The molecule has 35 heavy (non-hydrogen) atoms. The summed E-state index contributed by atoms with van der Waals surface area (Å²) >= 11 is 1.58. The van der Waals surface area contributed by atoms with Gasteiger partial charge in [-0.2, -0.15) is 13.2 Å². The van der Waals surface area contributed by atoms with Gasteiger partial charge in [-0.1, -0.05) is 17.4 Å². The summed E-state index contributed by atoms with van der Waals surface area (Å²) in [6.07, 6.45) is -1.28. The number of nitrogens with zero attached hydrogens (tertiary/aromatic N) is 3. The molecule has 2 N–H and O–H groups in total. The average molecular weight is 500 g/mol. The first kappa shape index (κ1) is 24.0. The monoisotopic (exact) mass is 499 g/mol. The van der Waals surface area contributed by atoms with Crippen LogP contribution in [0.1, 0.15) is 5.56 Å². The number of halogens is 3. The van der Waals surface area contributed by atoms with Crippen molar-refractivity contribution < 1.29 is 22.7 Å². The van der Waals surface area contributed by atoms with Crippen molar-refractivity contribution >= 4 is 33.9 Å². The Hall–Kier alpha value is -4.12. The zero-order valence-corrected chi connectivity index (χ0v) is 19.4. The number of carbonyl (C=O) groups excluding carboxylic acids is 1. The first-order valence-electron chi connectivity index (χ1n) is 10.3. The normalized spacial score (nSPS) is 11.1. The van der Waals surface area contributed by atoms with Crippen LogP contribution in [0.3, 0.4) is 0 Å². The molecule has 0 bridgehead atoms. The number of aromatic nitrogens is 2. The van der Waals surface area contributed by atoms with E-state index < -0.39 is 17.8 Å². The lowest BCUT2D eigenvalue weighted by Gasteiger charge is -2.11. The van der Waals surface area contributed by atoms with Crippen LogP contribution in [0.25, 0.3) is 10.4 Å². The number of rotatable bonds is 6. The van der Waals surface area contributed by atoms with Crippen molar-refractivity contribution in [3.63, 3.8) is 0 Å². The van der Waals surface area contributed by atoms with Gasteiger partial charge in [0, 0.05) is 32.0 Å². The number of alkyl halides is 3. The molecule has 0 saturated heterocycles. The number of urea groups is 1. The maximum Gasteiger partial charge on any atom is 0.416 e. The SMILES string of the molecule is CN(C)c1ncc(-c2ccc(Oc3ccc(NC(=O)Nc4cccc(C(F)(F)F)c4)cn3)cc2)s1. The van der Waals surface area contributed by atoms with E-state index in [1.165, 1.54) is 18.3 Å². The molecule has 0 fully saturated rings. The predicted molar refractivity (Wildman–Crippen MR) is 130 cm³/mol. The number of nitrogens with one attached hydrogen (secondary N) is 2. The third-order valence-corrected chi connectivity index (χ3v) is 5.89. The predicted octanol–water partition coefficient (Wildman–Crippen LogP) is 6.73. The molecule has 4 aromatic rings. The van der Waals surface area contributed by atoms with E-state index in [1.807, 2.05) is 49.5 Å². The number of anilines is 3. The van der Waals surface area contributed by atoms with Crippen molar-refractivity contribution in [2.24, 2.45) is 0 Å². The molecule has 4 rings (SSSR count). The van der Waals surface area contributed by atoms with Crippen LogP contribution in [0.15, 0.2) is 73.1 Å². The fraction of sp³-hybridized carbons (Fsp3) is 0.125. The van der Waals surface area contributed by atoms with Crippen molar-refractivity contribution in [3.8, 4) is 22.1 Å². The maximum atomic E-state index is 12.8. The van der Waals surface area contributed by atoms with Crippen molar-refractivity contribution in [2.75, 3.05) is 29.6 Å². The van der Waals surface area contributed by atoms with Crippen LogP contribution >= 0.6 is 11.3 Å². The average Bonchev–Trinajstić information content (AvgIpc) is 3.31. The maximum absolute atomic E-state index is 12.8. The third kappa shape index (κ3) is 6.27. The van der Waals surface area contributed by atoms with Crippen LogP contribution in [0.5, 0.6) is 11.6 Å². The number of thiazole rings is 1. The summed E-state index contributed by atoms with van der Waals surface area (Å²) in [6, 6.07) is 14.3. The molecule has 2 aromatic heterocycles. The fourth-order valence-electron chi connectivity index (χ4n) is 2.99. The van der Waals surface area contributed by atoms with Gasteiger partial charge >= 0.3 is 12.2 Å². The molecule has 2 heterocycles. The molecule has 0 aliphatic heterocycles. The molecule has 2 aromatic carbocycles. The number of hydrogen-bond donors (Lipinski definition) is 2. The van der Waals surface area contributed by atoms with Crippen molar-refractivity contribution in [1.29, 1.82) is 0 Å². The van der Waals surface area contributed by atoms with E-state index in [4.69, 9.17) is 4.74 Å². The second kappa shape index (κ2) is 10.0. The number of hydrogen-bond acceptors (Lipinski definition) is 6. The largest absolute Gasteiger partial charge is 0.439 e. The number of amides is 2. The van der Waals surface area contributed by atoms with E-state index in [0.717, 1.165) is 27.7 Å². The molecule has 0 atom stereocenters. The standard InChI is InChI=1S/C24H20F3N5O2S/c1-32(2)23-29-14-20(35-23)15-6-9-19(10-7-15)34-21-11-8-18(13-28-21)31-22(33)30-17-5-3-4-16(12-17)24(25,26)27/h3-14H,1-2H3,(H2,30,31,33). The second-order valence-electron chi connectivity index (χ2n) is 7.57. The van der Waals surface area contributed by atoms with Crippen molar-refractivity contribution in [1.82, 2.24) is 9.97 Å². The zero-order valence-electron chi connectivity index (χ0n) is 18.6. The Labute approximate surface area is 203 Å². The molecule has 0 aliphatic carbocycles. The highest BCUT2D eigenvalue weighted by Crippen LogP contribution is 2.32. The van der Waals surface area contributed by atoms with E-state index in [1.54, 1.807) is 23.5 Å². The quantitative estimate of drug-likeness (QED) is 0.308. The van der Waals surface area contributed by atoms with Crippen LogP contribution in [0, 0.1) is 0 Å². The van der Waals surface area contributed by atoms with E-state index in [2.05, 4.69) is 20.6 Å². The second-order valence-corrected chi connectivity index (χ2v) is 8.58. The summed E-state index contributed by atoms with van der Waals surface area (Å²) < 4.78 is 44.2. The molecule has 2 amide bonds. The highest BCUT2D eigenvalue weighted by molar-refractivity contribution is 7.18. The summed E-state index contributed by atoms with van der Waals surface area (Å²) in [5, 5.41) is 5.80. The van der Waals surface area contributed by atoms with Crippen LogP contribution in [0.4, 0.5) is 34.5 Å². The lowest BCUT2D eigenvalue weighted by molar-refractivity contribution is -0.137. The lowest BCUT2D eigenvalue weighted by Crippen LogP contribution is -2.19. The highest BCUT2D eigenvalue weighted by atomic mass is 32.1. The summed E-state index contributed by atoms with van der Waals surface area (Å²) in [6.45, 7) is 0. The van der Waals surface area contributed by atoms with Gasteiger partial charge in [0.2, 0.25) is 5.88 Å². The zero-order chi connectivity index (χ0) is 25.0. The van der Waals surface area contributed by atoms with Gasteiger partial charge in [-0.15, -0.1) is 0 Å². The van der Waals surface area contributed by atoms with Crippen molar-refractivity contribution in [3.05, 3.63) is 78.6 Å². The smallest absolute Gasteiger partial charge is 0.416 e. The number of pyridine rings is 1. The summed E-state index contributed by atoms with van der Waals surface area (Å²) in [5.41, 5.74) is 0.531. The highest BCUT2D eigenvalue weighted by Gasteiger charge is 2.30. The van der Waals surface area contributed by atoms with E-state index >= 15 is 0 Å². The Morgan fingerprint density at radius 2 is 1.69 bits per heavy atom. The minimum atomic E-state index is -4.50. The lowest BCUT2D eigenvalue weighted by atomic mass is 10.2. The molecule has 0 spiro atoms. The van der Waals surface area contributed by atoms with E-state index in [-0.39, 0.29) is 5.69 Å². The van der Waals surface area contributed by atoms with E-state index in [9.17, 15) is 18.0 Å². The van der Waals surface area contributed by atoms with Crippen LogP contribution in [0.2, 0.25) is 0 Å². The Kier molecular flexibility index (Phi) is 6.87. The topological polar surface area (TPSA) is 79.4 Å². The molecular formula is C24H20F3N5O2S. The van der Waals surface area contributed by atoms with Gasteiger partial charge in [-0.3, -0.25) is 0 Å².